The van der Waals surface area contributed by atoms with E-state index in [9.17, 15) is 9.18 Å². The fourth-order valence-corrected chi connectivity index (χ4v) is 7.80. The summed E-state index contributed by atoms with van der Waals surface area (Å²) < 4.78 is 47.1. The summed E-state index contributed by atoms with van der Waals surface area (Å²) in [5.74, 6) is 0.185. The number of nitrogens with zero attached hydrogens (tertiary/aromatic N) is 5. The molecular formula is C32H40BrF2N5O4. The van der Waals surface area contributed by atoms with Crippen molar-refractivity contribution in [2.45, 2.75) is 90.2 Å². The van der Waals surface area contributed by atoms with Gasteiger partial charge in [-0.25, -0.2) is 13.6 Å². The number of halogens is 3. The first-order chi connectivity index (χ1) is 21.0. The summed E-state index contributed by atoms with van der Waals surface area (Å²) >= 11 is 3.46. The van der Waals surface area contributed by atoms with E-state index in [-0.39, 0.29) is 35.1 Å². The second-order valence-electron chi connectivity index (χ2n) is 14.1. The van der Waals surface area contributed by atoms with Crippen molar-refractivity contribution in [3.05, 3.63) is 33.3 Å². The zero-order valence-electron chi connectivity index (χ0n) is 25.6. The number of anilines is 1. The Kier molecular flexibility index (Phi) is 7.76. The van der Waals surface area contributed by atoms with Crippen LogP contribution in [0.4, 0.5) is 19.4 Å². The van der Waals surface area contributed by atoms with Gasteiger partial charge in [0.05, 0.1) is 48.1 Å². The minimum absolute atomic E-state index is 0.00152. The van der Waals surface area contributed by atoms with Crippen LogP contribution < -0.4 is 9.64 Å². The number of hydrogen-bond acceptors (Lipinski definition) is 8. The maximum atomic E-state index is 16.0. The molecule has 1 aromatic heterocycles. The van der Waals surface area contributed by atoms with Crippen LogP contribution in [0.15, 0.2) is 16.4 Å². The van der Waals surface area contributed by atoms with E-state index in [1.165, 1.54) is 0 Å². The number of piperidine rings is 1. The molecule has 2 aromatic rings. The molecule has 0 spiro atoms. The van der Waals surface area contributed by atoms with Gasteiger partial charge in [0.25, 0.3) is 0 Å². The van der Waals surface area contributed by atoms with Crippen LogP contribution in [0.5, 0.6) is 6.01 Å². The molecule has 9 nitrogen and oxygen atoms in total. The van der Waals surface area contributed by atoms with Gasteiger partial charge >= 0.3 is 12.1 Å². The number of carbonyl (C=O) groups is 1. The van der Waals surface area contributed by atoms with Gasteiger partial charge in [-0.3, -0.25) is 4.90 Å². The Morgan fingerprint density at radius 2 is 1.80 bits per heavy atom. The second kappa shape index (κ2) is 11.3. The Morgan fingerprint density at radius 3 is 2.43 bits per heavy atom. The normalized spacial score (nSPS) is 24.5. The third-order valence-corrected chi connectivity index (χ3v) is 10.6. The van der Waals surface area contributed by atoms with Gasteiger partial charge in [-0.2, -0.15) is 9.97 Å². The van der Waals surface area contributed by atoms with Crippen molar-refractivity contribution < 1.29 is 27.8 Å². The molecule has 12 heteroatoms. The molecule has 0 radical (unpaired) electrons. The van der Waals surface area contributed by atoms with E-state index in [2.05, 4.69) is 30.7 Å². The molecule has 44 heavy (non-hydrogen) atoms. The van der Waals surface area contributed by atoms with Gasteiger partial charge in [0.15, 0.2) is 5.82 Å². The molecule has 1 aliphatic carbocycles. The average Bonchev–Trinajstić information content (AvgIpc) is 3.46. The molecule has 5 aliphatic rings. The lowest BCUT2D eigenvalue weighted by atomic mass is 10.0. The van der Waals surface area contributed by atoms with Crippen LogP contribution in [-0.4, -0.2) is 82.9 Å². The Labute approximate surface area is 265 Å². The number of hydrogen-bond donors (Lipinski definition) is 0. The van der Waals surface area contributed by atoms with E-state index < -0.39 is 11.4 Å². The lowest BCUT2D eigenvalue weighted by Crippen LogP contribution is -2.57. The highest BCUT2D eigenvalue weighted by molar-refractivity contribution is 9.10. The molecule has 2 bridgehead atoms. The highest BCUT2D eigenvalue weighted by Crippen LogP contribution is 2.48. The van der Waals surface area contributed by atoms with Crippen molar-refractivity contribution in [1.29, 1.82) is 0 Å². The molecule has 2 atom stereocenters. The molecule has 1 amide bonds. The number of ether oxygens (including phenoxy) is 3. The van der Waals surface area contributed by atoms with E-state index in [0.29, 0.717) is 48.6 Å². The van der Waals surface area contributed by atoms with Gasteiger partial charge in [0.2, 0.25) is 0 Å². The molecule has 2 unspecified atom stereocenters. The number of rotatable bonds is 6. The van der Waals surface area contributed by atoms with E-state index in [1.54, 1.807) is 0 Å². The van der Waals surface area contributed by atoms with Crippen molar-refractivity contribution in [3.63, 3.8) is 0 Å². The molecule has 3 saturated heterocycles. The van der Waals surface area contributed by atoms with Crippen LogP contribution >= 0.6 is 15.9 Å². The SMILES string of the molecule is CC(C)(C)OC(=O)N1C2CCC1CN(c1nc(OCC3(CN4CCC(=CF)CC4)CC3)nc3c(F)c(Br)c4c(c13)COC4)C2. The van der Waals surface area contributed by atoms with Crippen LogP contribution in [0.1, 0.15) is 70.4 Å². The first-order valence-corrected chi connectivity index (χ1v) is 16.5. The van der Waals surface area contributed by atoms with Gasteiger partial charge in [0, 0.05) is 43.7 Å². The molecule has 4 aliphatic heterocycles. The zero-order valence-corrected chi connectivity index (χ0v) is 27.2. The maximum absolute atomic E-state index is 16.0. The average molecular weight is 677 g/mol. The van der Waals surface area contributed by atoms with Crippen LogP contribution in [0.3, 0.4) is 0 Å². The van der Waals surface area contributed by atoms with Gasteiger partial charge in [0.1, 0.15) is 16.9 Å². The number of aromatic nitrogens is 2. The molecule has 4 fully saturated rings. The standard InChI is InChI=1S/C32H40BrF2N5O4/c1-31(2,3)44-30(41)40-20-4-5-21(40)14-39(13-20)28-24-22-15-42-16-23(22)25(33)26(35)27(24)36-29(37-28)43-18-32(8-9-32)17-38-10-6-19(12-34)7-11-38/h12,20-21H,4-11,13-18H2,1-3H3. The largest absolute Gasteiger partial charge is 0.463 e. The molecule has 0 N–H and O–H groups in total. The van der Waals surface area contributed by atoms with Crippen LogP contribution in [0.2, 0.25) is 0 Å². The van der Waals surface area contributed by atoms with Crippen molar-refractivity contribution in [1.82, 2.24) is 19.8 Å². The third-order valence-electron chi connectivity index (χ3n) is 9.76. The predicted molar refractivity (Wildman–Crippen MR) is 165 cm³/mol. The lowest BCUT2D eigenvalue weighted by Gasteiger charge is -2.42. The summed E-state index contributed by atoms with van der Waals surface area (Å²) in [5.41, 5.74) is 2.20. The third kappa shape index (κ3) is 5.66. The van der Waals surface area contributed by atoms with Crippen LogP contribution in [0.25, 0.3) is 10.9 Å². The summed E-state index contributed by atoms with van der Waals surface area (Å²) in [4.78, 5) is 29.2. The number of amides is 1. The fraction of sp³-hybridized carbons (Fsp3) is 0.656. The summed E-state index contributed by atoms with van der Waals surface area (Å²) in [6.07, 6.45) is 5.80. The number of fused-ring (bicyclic) bond motifs is 5. The minimum atomic E-state index is -0.574. The first kappa shape index (κ1) is 30.1. The van der Waals surface area contributed by atoms with Crippen LogP contribution in [-0.2, 0) is 22.7 Å². The Balaban J connectivity index is 1.17. The summed E-state index contributed by atoms with van der Waals surface area (Å²) in [7, 11) is 0. The molecule has 5 heterocycles. The summed E-state index contributed by atoms with van der Waals surface area (Å²) in [5, 5.41) is 0.654. The van der Waals surface area contributed by atoms with E-state index in [1.807, 2.05) is 25.7 Å². The molecule has 1 saturated carbocycles. The molecular weight excluding hydrogens is 636 g/mol. The van der Waals surface area contributed by atoms with Gasteiger partial charge in [-0.15, -0.1) is 0 Å². The number of piperazine rings is 1. The topological polar surface area (TPSA) is 80.3 Å². The smallest absolute Gasteiger partial charge is 0.410 e. The minimum Gasteiger partial charge on any atom is -0.463 e. The summed E-state index contributed by atoms with van der Waals surface area (Å²) in [6.45, 7) is 10.4. The van der Waals surface area contributed by atoms with E-state index in [4.69, 9.17) is 19.2 Å². The number of benzene rings is 1. The van der Waals surface area contributed by atoms with Crippen molar-refractivity contribution in [2.75, 3.05) is 44.2 Å². The summed E-state index contributed by atoms with van der Waals surface area (Å²) in [6, 6.07) is 0.0934. The monoisotopic (exact) mass is 675 g/mol. The molecule has 1 aromatic carbocycles. The lowest BCUT2D eigenvalue weighted by molar-refractivity contribution is 0.0122. The van der Waals surface area contributed by atoms with Crippen molar-refractivity contribution >= 4 is 38.7 Å². The Hall–Kier alpha value is -2.57. The second-order valence-corrected chi connectivity index (χ2v) is 14.9. The highest BCUT2D eigenvalue weighted by Gasteiger charge is 2.47. The number of carbonyl (C=O) groups excluding carboxylic acids is 1. The molecule has 238 valence electrons. The van der Waals surface area contributed by atoms with E-state index in [0.717, 1.165) is 81.2 Å². The Bertz CT molecular complexity index is 1490. The quantitative estimate of drug-likeness (QED) is 0.355. The van der Waals surface area contributed by atoms with E-state index >= 15 is 4.39 Å². The van der Waals surface area contributed by atoms with Gasteiger partial charge in [-0.05, 0) is 86.4 Å². The molecule has 7 rings (SSSR count). The van der Waals surface area contributed by atoms with Crippen molar-refractivity contribution in [2.24, 2.45) is 5.41 Å². The van der Waals surface area contributed by atoms with Crippen molar-refractivity contribution in [3.8, 4) is 6.01 Å². The zero-order chi connectivity index (χ0) is 30.8. The maximum Gasteiger partial charge on any atom is 0.410 e. The predicted octanol–water partition coefficient (Wildman–Crippen LogP) is 6.26. The Morgan fingerprint density at radius 1 is 1.11 bits per heavy atom. The van der Waals surface area contributed by atoms with Gasteiger partial charge < -0.3 is 24.0 Å². The first-order valence-electron chi connectivity index (χ1n) is 15.7. The number of likely N-dealkylation sites (tertiary alicyclic amines) is 1. The van der Waals surface area contributed by atoms with Crippen LogP contribution in [0, 0.1) is 11.2 Å². The highest BCUT2D eigenvalue weighted by atomic mass is 79.9. The fourth-order valence-electron chi connectivity index (χ4n) is 7.26. The van der Waals surface area contributed by atoms with Gasteiger partial charge in [-0.1, -0.05) is 0 Å².